The van der Waals surface area contributed by atoms with Crippen LogP contribution in [0.3, 0.4) is 0 Å². The first-order chi connectivity index (χ1) is 11.7. The molecule has 5 nitrogen and oxygen atoms in total. The number of para-hydroxylation sites is 2. The third-order valence-corrected chi connectivity index (χ3v) is 3.62. The molecule has 1 heterocycles. The van der Waals surface area contributed by atoms with Gasteiger partial charge in [-0.25, -0.2) is 4.39 Å². The Balaban J connectivity index is 1.40. The van der Waals surface area contributed by atoms with E-state index in [9.17, 15) is 9.18 Å². The number of rotatable bonds is 7. The van der Waals surface area contributed by atoms with E-state index in [0.717, 1.165) is 17.3 Å². The van der Waals surface area contributed by atoms with Crippen LogP contribution < -0.4 is 10.1 Å². The van der Waals surface area contributed by atoms with Crippen LogP contribution in [-0.4, -0.2) is 28.8 Å². The minimum absolute atomic E-state index is 0.0793. The van der Waals surface area contributed by atoms with E-state index in [-0.39, 0.29) is 18.3 Å². The predicted molar refractivity (Wildman–Crippen MR) is 89.3 cm³/mol. The summed E-state index contributed by atoms with van der Waals surface area (Å²) in [7, 11) is 0. The number of halogens is 1. The molecule has 0 atom stereocenters. The molecule has 3 rings (SSSR count). The molecule has 2 aromatic carbocycles. The molecule has 0 saturated heterocycles. The first-order valence-corrected chi connectivity index (χ1v) is 7.78. The number of fused-ring (bicyclic) bond motifs is 1. The molecule has 124 valence electrons. The summed E-state index contributed by atoms with van der Waals surface area (Å²) in [5, 5.41) is 8.19. The quantitative estimate of drug-likeness (QED) is 0.679. The number of aryl methyl sites for hydroxylation is 1. The van der Waals surface area contributed by atoms with Crippen LogP contribution in [-0.2, 0) is 11.3 Å². The molecular formula is C18H18FN3O2. The Morgan fingerprint density at radius 3 is 2.83 bits per heavy atom. The number of carbonyl (C=O) groups is 1. The van der Waals surface area contributed by atoms with Gasteiger partial charge in [0.1, 0.15) is 0 Å². The van der Waals surface area contributed by atoms with Crippen molar-refractivity contribution in [2.45, 2.75) is 13.0 Å². The van der Waals surface area contributed by atoms with Crippen molar-refractivity contribution in [3.8, 4) is 5.75 Å². The number of benzene rings is 2. The zero-order chi connectivity index (χ0) is 16.8. The molecular weight excluding hydrogens is 309 g/mol. The second-order valence-electron chi connectivity index (χ2n) is 5.35. The maximum absolute atomic E-state index is 13.4. The smallest absolute Gasteiger partial charge is 0.257 e. The highest BCUT2D eigenvalue weighted by atomic mass is 19.1. The number of ether oxygens (including phenoxy) is 1. The number of nitrogens with zero attached hydrogens (tertiary/aromatic N) is 2. The van der Waals surface area contributed by atoms with Crippen molar-refractivity contribution in [1.82, 2.24) is 15.1 Å². The van der Waals surface area contributed by atoms with E-state index in [2.05, 4.69) is 10.4 Å². The third kappa shape index (κ3) is 3.90. The Morgan fingerprint density at radius 1 is 1.17 bits per heavy atom. The number of nitrogens with one attached hydrogen (secondary N) is 1. The van der Waals surface area contributed by atoms with Crippen molar-refractivity contribution in [1.29, 1.82) is 0 Å². The molecule has 0 radical (unpaired) electrons. The van der Waals surface area contributed by atoms with Gasteiger partial charge in [-0.1, -0.05) is 30.3 Å². The highest BCUT2D eigenvalue weighted by Gasteiger charge is 2.06. The van der Waals surface area contributed by atoms with Gasteiger partial charge in [0.05, 0.1) is 11.7 Å². The first-order valence-electron chi connectivity index (χ1n) is 7.78. The fraction of sp³-hybridized carbons (Fsp3) is 0.222. The second kappa shape index (κ2) is 7.59. The Morgan fingerprint density at radius 2 is 1.96 bits per heavy atom. The number of aromatic nitrogens is 2. The van der Waals surface area contributed by atoms with Gasteiger partial charge in [0.15, 0.2) is 18.2 Å². The van der Waals surface area contributed by atoms with E-state index >= 15 is 0 Å². The van der Waals surface area contributed by atoms with Crippen LogP contribution in [0.5, 0.6) is 5.75 Å². The van der Waals surface area contributed by atoms with E-state index in [4.69, 9.17) is 4.74 Å². The lowest BCUT2D eigenvalue weighted by Crippen LogP contribution is -2.30. The Hall–Kier alpha value is -2.89. The van der Waals surface area contributed by atoms with Crippen molar-refractivity contribution in [3.63, 3.8) is 0 Å². The number of hydrogen-bond donors (Lipinski definition) is 1. The van der Waals surface area contributed by atoms with E-state index in [1.54, 1.807) is 12.1 Å². The molecule has 0 unspecified atom stereocenters. The number of hydrogen-bond acceptors (Lipinski definition) is 3. The zero-order valence-corrected chi connectivity index (χ0v) is 13.1. The van der Waals surface area contributed by atoms with Gasteiger partial charge in [0, 0.05) is 18.5 Å². The summed E-state index contributed by atoms with van der Waals surface area (Å²) in [5.74, 6) is -0.671. The molecule has 1 amide bonds. The van der Waals surface area contributed by atoms with Gasteiger partial charge < -0.3 is 10.1 Å². The molecule has 1 aromatic heterocycles. The zero-order valence-electron chi connectivity index (χ0n) is 13.1. The maximum atomic E-state index is 13.4. The molecule has 6 heteroatoms. The highest BCUT2D eigenvalue weighted by Crippen LogP contribution is 2.15. The summed E-state index contributed by atoms with van der Waals surface area (Å²) >= 11 is 0. The maximum Gasteiger partial charge on any atom is 0.257 e. The molecule has 1 N–H and O–H groups in total. The molecule has 0 aliphatic carbocycles. The average molecular weight is 327 g/mol. The van der Waals surface area contributed by atoms with Gasteiger partial charge in [0.2, 0.25) is 0 Å². The second-order valence-corrected chi connectivity index (χ2v) is 5.35. The third-order valence-electron chi connectivity index (χ3n) is 3.62. The Labute approximate surface area is 139 Å². The van der Waals surface area contributed by atoms with Gasteiger partial charge in [-0.3, -0.25) is 9.48 Å². The molecule has 0 aliphatic heterocycles. The lowest BCUT2D eigenvalue weighted by atomic mass is 10.2. The number of amides is 1. The monoisotopic (exact) mass is 327 g/mol. The standard InChI is InChI=1S/C18H18FN3O2/c19-15-7-2-4-9-17(15)24-13-18(23)20-10-5-11-22-16-8-3-1-6-14(16)12-21-22/h1-4,6-9,12H,5,10-11,13H2,(H,20,23). The lowest BCUT2D eigenvalue weighted by Gasteiger charge is -2.08. The van der Waals surface area contributed by atoms with E-state index in [0.29, 0.717) is 13.1 Å². The summed E-state index contributed by atoms with van der Waals surface area (Å²) < 4.78 is 20.4. The molecule has 24 heavy (non-hydrogen) atoms. The van der Waals surface area contributed by atoms with E-state index < -0.39 is 5.82 Å². The Kier molecular flexibility index (Phi) is 5.05. The fourth-order valence-corrected chi connectivity index (χ4v) is 2.42. The van der Waals surface area contributed by atoms with Crippen molar-refractivity contribution >= 4 is 16.8 Å². The van der Waals surface area contributed by atoms with Crippen LogP contribution in [0.4, 0.5) is 4.39 Å². The van der Waals surface area contributed by atoms with Crippen molar-refractivity contribution in [2.75, 3.05) is 13.2 Å². The number of carbonyl (C=O) groups excluding carboxylic acids is 1. The normalized spacial score (nSPS) is 10.7. The van der Waals surface area contributed by atoms with E-state index in [1.165, 1.54) is 12.1 Å². The van der Waals surface area contributed by atoms with E-state index in [1.807, 2.05) is 35.1 Å². The van der Waals surface area contributed by atoms with Gasteiger partial charge in [0.25, 0.3) is 5.91 Å². The topological polar surface area (TPSA) is 56.1 Å². The molecule has 0 aliphatic rings. The van der Waals surface area contributed by atoms with Crippen LogP contribution >= 0.6 is 0 Å². The van der Waals surface area contributed by atoms with Crippen LogP contribution in [0, 0.1) is 5.82 Å². The largest absolute Gasteiger partial charge is 0.481 e. The van der Waals surface area contributed by atoms with Gasteiger partial charge in [-0.2, -0.15) is 5.10 Å². The summed E-state index contributed by atoms with van der Waals surface area (Å²) in [6, 6.07) is 14.0. The van der Waals surface area contributed by atoms with Crippen molar-refractivity contribution in [3.05, 3.63) is 60.5 Å². The van der Waals surface area contributed by atoms with Crippen LogP contribution in [0.25, 0.3) is 10.9 Å². The molecule has 0 saturated carbocycles. The SMILES string of the molecule is O=C(COc1ccccc1F)NCCCn1ncc2ccccc21. The Bertz CT molecular complexity index is 832. The molecule has 0 bridgehead atoms. The van der Waals surface area contributed by atoms with Crippen LogP contribution in [0.15, 0.2) is 54.7 Å². The summed E-state index contributed by atoms with van der Waals surface area (Å²) in [4.78, 5) is 11.7. The van der Waals surface area contributed by atoms with Crippen molar-refractivity contribution in [2.24, 2.45) is 0 Å². The van der Waals surface area contributed by atoms with Gasteiger partial charge >= 0.3 is 0 Å². The predicted octanol–water partition coefficient (Wildman–Crippen LogP) is 2.76. The molecule has 0 fully saturated rings. The van der Waals surface area contributed by atoms with Crippen LogP contribution in [0.2, 0.25) is 0 Å². The summed E-state index contributed by atoms with van der Waals surface area (Å²) in [6.45, 7) is 1.02. The molecule has 0 spiro atoms. The van der Waals surface area contributed by atoms with Crippen molar-refractivity contribution < 1.29 is 13.9 Å². The lowest BCUT2D eigenvalue weighted by molar-refractivity contribution is -0.123. The minimum Gasteiger partial charge on any atom is -0.481 e. The van der Waals surface area contributed by atoms with Gasteiger partial charge in [-0.15, -0.1) is 0 Å². The first kappa shape index (κ1) is 16.0. The summed E-state index contributed by atoms with van der Waals surface area (Å²) in [6.07, 6.45) is 2.58. The van der Waals surface area contributed by atoms with Crippen LogP contribution in [0.1, 0.15) is 6.42 Å². The summed E-state index contributed by atoms with van der Waals surface area (Å²) in [5.41, 5.74) is 1.08. The minimum atomic E-state index is -0.476. The average Bonchev–Trinajstić information content (AvgIpc) is 3.01. The fourth-order valence-electron chi connectivity index (χ4n) is 2.42. The molecule has 3 aromatic rings. The van der Waals surface area contributed by atoms with Gasteiger partial charge in [-0.05, 0) is 24.6 Å². The highest BCUT2D eigenvalue weighted by molar-refractivity contribution is 5.78.